The summed E-state index contributed by atoms with van der Waals surface area (Å²) in [5, 5.41) is 0. The highest BCUT2D eigenvalue weighted by atomic mass is 32.2. The molecular weight excluding hydrogens is 209 g/mol. The summed E-state index contributed by atoms with van der Waals surface area (Å²) in [6.07, 6.45) is -5.64. The quantitative estimate of drug-likeness (QED) is 0.705. The Kier molecular flexibility index (Phi) is 3.89. The van der Waals surface area contributed by atoms with Crippen LogP contribution in [0.2, 0.25) is 0 Å². The molecule has 0 aliphatic carbocycles. The van der Waals surface area contributed by atoms with Crippen LogP contribution in [-0.4, -0.2) is 32.4 Å². The molecule has 0 rings (SSSR count). The van der Waals surface area contributed by atoms with Gasteiger partial charge in [-0.05, 0) is 0 Å². The lowest BCUT2D eigenvalue weighted by molar-refractivity contribution is -0.142. The average Bonchev–Trinajstić information content (AvgIpc) is 1.78. The lowest BCUT2D eigenvalue weighted by atomic mass is 10.2. The fourth-order valence-electron chi connectivity index (χ4n) is 0.646. The molecular formula is C6H9F3O3S. The predicted molar refractivity (Wildman–Crippen MR) is 40.0 cm³/mol. The topological polar surface area (TPSA) is 51.2 Å². The molecule has 0 saturated heterocycles. The monoisotopic (exact) mass is 218 g/mol. The van der Waals surface area contributed by atoms with Crippen molar-refractivity contribution < 1.29 is 26.4 Å². The summed E-state index contributed by atoms with van der Waals surface area (Å²) in [5.41, 5.74) is 0. The van der Waals surface area contributed by atoms with Gasteiger partial charge in [-0.15, -0.1) is 0 Å². The van der Waals surface area contributed by atoms with Gasteiger partial charge in [-0.1, -0.05) is 0 Å². The van der Waals surface area contributed by atoms with E-state index in [1.54, 1.807) is 0 Å². The van der Waals surface area contributed by atoms with Crippen molar-refractivity contribution in [2.75, 3.05) is 12.0 Å². The number of halogens is 3. The van der Waals surface area contributed by atoms with Crippen LogP contribution in [0.4, 0.5) is 13.2 Å². The van der Waals surface area contributed by atoms with Crippen LogP contribution in [0.15, 0.2) is 0 Å². The van der Waals surface area contributed by atoms with E-state index < -0.39 is 40.4 Å². The highest BCUT2D eigenvalue weighted by molar-refractivity contribution is 7.91. The molecule has 0 aliphatic rings. The number of carbonyl (C=O) groups is 1. The van der Waals surface area contributed by atoms with Gasteiger partial charge in [0.25, 0.3) is 0 Å². The number of ketones is 1. The van der Waals surface area contributed by atoms with Crippen molar-refractivity contribution >= 4 is 15.6 Å². The molecule has 0 saturated carbocycles. The number of carbonyl (C=O) groups excluding carboxylic acids is 1. The maximum atomic E-state index is 11.5. The molecule has 0 fully saturated rings. The van der Waals surface area contributed by atoms with Gasteiger partial charge < -0.3 is 0 Å². The summed E-state index contributed by atoms with van der Waals surface area (Å²) in [7, 11) is -3.51. The summed E-state index contributed by atoms with van der Waals surface area (Å²) in [5.74, 6) is -1.72. The van der Waals surface area contributed by atoms with Crippen molar-refractivity contribution in [3.05, 3.63) is 0 Å². The minimum atomic E-state index is -4.41. The van der Waals surface area contributed by atoms with E-state index in [9.17, 15) is 26.4 Å². The second kappa shape index (κ2) is 4.08. The summed E-state index contributed by atoms with van der Waals surface area (Å²) >= 11 is 0. The van der Waals surface area contributed by atoms with Gasteiger partial charge in [0.15, 0.2) is 9.84 Å². The van der Waals surface area contributed by atoms with E-state index in [2.05, 4.69) is 0 Å². The van der Waals surface area contributed by atoms with Crippen molar-refractivity contribution in [1.29, 1.82) is 0 Å². The molecule has 0 aromatic heterocycles. The highest BCUT2D eigenvalue weighted by Crippen LogP contribution is 2.21. The predicted octanol–water partition coefficient (Wildman–Crippen LogP) is 0.943. The molecule has 0 amide bonds. The molecule has 0 spiro atoms. The van der Waals surface area contributed by atoms with E-state index in [0.29, 0.717) is 0 Å². The van der Waals surface area contributed by atoms with Crippen LogP contribution in [0.25, 0.3) is 0 Å². The van der Waals surface area contributed by atoms with Crippen LogP contribution in [-0.2, 0) is 14.6 Å². The molecule has 0 aliphatic heterocycles. The van der Waals surface area contributed by atoms with Gasteiger partial charge in [0, 0.05) is 12.7 Å². The molecule has 0 N–H and O–H groups in total. The summed E-state index contributed by atoms with van der Waals surface area (Å²) < 4.78 is 55.6. The number of sulfone groups is 1. The van der Waals surface area contributed by atoms with E-state index in [4.69, 9.17) is 0 Å². The molecule has 0 unspecified atom stereocenters. The van der Waals surface area contributed by atoms with Crippen molar-refractivity contribution in [1.82, 2.24) is 0 Å². The lowest BCUT2D eigenvalue weighted by Crippen LogP contribution is -2.17. The Morgan fingerprint density at radius 2 is 1.77 bits per heavy atom. The van der Waals surface area contributed by atoms with Gasteiger partial charge in [-0.3, -0.25) is 4.79 Å². The van der Waals surface area contributed by atoms with Gasteiger partial charge in [0.2, 0.25) is 0 Å². The zero-order valence-electron chi connectivity index (χ0n) is 6.89. The number of hydrogen-bond donors (Lipinski definition) is 0. The van der Waals surface area contributed by atoms with Gasteiger partial charge in [0.1, 0.15) is 11.5 Å². The van der Waals surface area contributed by atoms with E-state index in [0.717, 1.165) is 6.26 Å². The van der Waals surface area contributed by atoms with Gasteiger partial charge in [0.05, 0.1) is 6.42 Å². The summed E-state index contributed by atoms with van der Waals surface area (Å²) in [6.45, 7) is 0. The van der Waals surface area contributed by atoms with Crippen molar-refractivity contribution in [3.63, 3.8) is 0 Å². The van der Waals surface area contributed by atoms with Crippen LogP contribution < -0.4 is 0 Å². The van der Waals surface area contributed by atoms with Crippen LogP contribution in [0.1, 0.15) is 12.8 Å². The number of alkyl halides is 3. The van der Waals surface area contributed by atoms with Gasteiger partial charge >= 0.3 is 6.18 Å². The van der Waals surface area contributed by atoms with E-state index in [1.807, 2.05) is 0 Å². The van der Waals surface area contributed by atoms with Crippen molar-refractivity contribution in [3.8, 4) is 0 Å². The summed E-state index contributed by atoms with van der Waals surface area (Å²) in [6, 6.07) is 0. The second-order valence-electron chi connectivity index (χ2n) is 2.72. The molecule has 0 radical (unpaired) electrons. The normalized spacial score (nSPS) is 12.9. The van der Waals surface area contributed by atoms with Crippen molar-refractivity contribution in [2.45, 2.75) is 19.0 Å². The van der Waals surface area contributed by atoms with E-state index >= 15 is 0 Å². The van der Waals surface area contributed by atoms with Gasteiger partial charge in [-0.25, -0.2) is 8.42 Å². The molecule has 0 bridgehead atoms. The Morgan fingerprint density at radius 3 is 2.08 bits per heavy atom. The first-order chi connectivity index (χ1) is 5.60. The maximum absolute atomic E-state index is 11.5. The maximum Gasteiger partial charge on any atom is 0.389 e. The van der Waals surface area contributed by atoms with Crippen LogP contribution >= 0.6 is 0 Å². The molecule has 78 valence electrons. The smallest absolute Gasteiger partial charge is 0.299 e. The first-order valence-corrected chi connectivity index (χ1v) is 5.42. The minimum Gasteiger partial charge on any atom is -0.299 e. The highest BCUT2D eigenvalue weighted by Gasteiger charge is 2.28. The first-order valence-electron chi connectivity index (χ1n) is 3.36. The van der Waals surface area contributed by atoms with Gasteiger partial charge in [-0.2, -0.15) is 13.2 Å². The zero-order chi connectivity index (χ0) is 10.7. The Morgan fingerprint density at radius 1 is 1.31 bits per heavy atom. The molecule has 3 nitrogen and oxygen atoms in total. The molecule has 0 aromatic carbocycles. The van der Waals surface area contributed by atoms with Crippen LogP contribution in [0.3, 0.4) is 0 Å². The first kappa shape index (κ1) is 12.4. The molecule has 0 atom stereocenters. The van der Waals surface area contributed by atoms with E-state index in [1.165, 1.54) is 0 Å². The Hall–Kier alpha value is -0.590. The Bertz CT molecular complexity index is 278. The molecule has 13 heavy (non-hydrogen) atoms. The SMILES string of the molecule is CS(=O)(=O)CC(=O)CCC(F)(F)F. The second-order valence-corrected chi connectivity index (χ2v) is 4.86. The Balaban J connectivity index is 3.92. The van der Waals surface area contributed by atoms with Crippen LogP contribution in [0, 0.1) is 0 Å². The average molecular weight is 218 g/mol. The third kappa shape index (κ3) is 9.32. The van der Waals surface area contributed by atoms with E-state index in [-0.39, 0.29) is 0 Å². The fraction of sp³-hybridized carbons (Fsp3) is 0.833. The molecule has 7 heteroatoms. The molecule has 0 aromatic rings. The fourth-order valence-corrected chi connectivity index (χ4v) is 1.37. The third-order valence-electron chi connectivity index (χ3n) is 1.11. The minimum absolute atomic E-state index is 0.767. The lowest BCUT2D eigenvalue weighted by Gasteiger charge is -2.04. The standard InChI is InChI=1S/C6H9F3O3S/c1-13(11,12)4-5(10)2-3-6(7,8)9/h2-4H2,1H3. The largest absolute Gasteiger partial charge is 0.389 e. The van der Waals surface area contributed by atoms with Crippen LogP contribution in [0.5, 0.6) is 0 Å². The molecule has 0 heterocycles. The van der Waals surface area contributed by atoms with Crippen molar-refractivity contribution in [2.24, 2.45) is 0 Å². The number of Topliss-reactive ketones (excluding diaryl/α,β-unsaturated/α-hetero) is 1. The number of hydrogen-bond acceptors (Lipinski definition) is 3. The number of rotatable bonds is 4. The zero-order valence-corrected chi connectivity index (χ0v) is 7.70. The summed E-state index contributed by atoms with van der Waals surface area (Å²) in [4.78, 5) is 10.6. The third-order valence-corrected chi connectivity index (χ3v) is 1.96. The Labute approximate surface area is 73.8 Å².